The number of halogens is 1. The highest BCUT2D eigenvalue weighted by Crippen LogP contribution is 2.37. The van der Waals surface area contributed by atoms with Gasteiger partial charge in [0.2, 0.25) is 0 Å². The molecule has 3 heterocycles. The van der Waals surface area contributed by atoms with E-state index in [0.717, 1.165) is 53.1 Å². The molecule has 1 aromatic carbocycles. The number of aromatic nitrogens is 2. The molecule has 2 aromatic heterocycles. The van der Waals surface area contributed by atoms with Crippen LogP contribution in [-0.2, 0) is 10.2 Å². The highest BCUT2D eigenvalue weighted by Gasteiger charge is 2.34. The SMILES string of the molecule is Brc1cccc(C2(CNc3ncnc4ccsc34)CCOCC2)c1. The fourth-order valence-electron chi connectivity index (χ4n) is 3.32. The average molecular weight is 404 g/mol. The van der Waals surface area contributed by atoms with Crippen LogP contribution in [0.1, 0.15) is 18.4 Å². The van der Waals surface area contributed by atoms with Crippen LogP contribution in [0.25, 0.3) is 10.2 Å². The molecule has 6 heteroatoms. The first-order chi connectivity index (χ1) is 11.8. The minimum atomic E-state index is 0.0660. The Morgan fingerprint density at radius 1 is 1.21 bits per heavy atom. The molecule has 0 spiro atoms. The number of thiophene rings is 1. The third-order valence-corrected chi connectivity index (χ3v) is 6.13. The van der Waals surface area contributed by atoms with Crippen molar-refractivity contribution in [2.24, 2.45) is 0 Å². The van der Waals surface area contributed by atoms with Gasteiger partial charge in [0, 0.05) is 29.6 Å². The van der Waals surface area contributed by atoms with Crippen molar-refractivity contribution in [1.82, 2.24) is 9.97 Å². The van der Waals surface area contributed by atoms with Crippen molar-refractivity contribution < 1.29 is 4.74 Å². The lowest BCUT2D eigenvalue weighted by atomic mass is 9.74. The van der Waals surface area contributed by atoms with Crippen molar-refractivity contribution in [3.8, 4) is 0 Å². The van der Waals surface area contributed by atoms with Crippen molar-refractivity contribution in [1.29, 1.82) is 0 Å². The number of anilines is 1. The average Bonchev–Trinajstić information content (AvgIpc) is 3.10. The second-order valence-corrected chi connectivity index (χ2v) is 7.95. The van der Waals surface area contributed by atoms with Gasteiger partial charge in [0.15, 0.2) is 0 Å². The summed E-state index contributed by atoms with van der Waals surface area (Å²) in [5.41, 5.74) is 2.42. The van der Waals surface area contributed by atoms with E-state index < -0.39 is 0 Å². The Hall–Kier alpha value is -1.50. The molecular formula is C18H18BrN3OS. The van der Waals surface area contributed by atoms with Gasteiger partial charge in [0.25, 0.3) is 0 Å². The second kappa shape index (κ2) is 6.78. The van der Waals surface area contributed by atoms with Crippen molar-refractivity contribution >= 4 is 43.3 Å². The lowest BCUT2D eigenvalue weighted by Gasteiger charge is -2.38. The summed E-state index contributed by atoms with van der Waals surface area (Å²) in [5, 5.41) is 5.65. The summed E-state index contributed by atoms with van der Waals surface area (Å²) in [5.74, 6) is 0.927. The maximum absolute atomic E-state index is 5.62. The summed E-state index contributed by atoms with van der Waals surface area (Å²) in [6.45, 7) is 2.44. The predicted octanol–water partition coefficient (Wildman–Crippen LogP) is 4.61. The lowest BCUT2D eigenvalue weighted by molar-refractivity contribution is 0.0543. The Balaban J connectivity index is 1.64. The van der Waals surface area contributed by atoms with Crippen LogP contribution in [0.2, 0.25) is 0 Å². The van der Waals surface area contributed by atoms with Gasteiger partial charge in [-0.05, 0) is 42.0 Å². The summed E-state index contributed by atoms with van der Waals surface area (Å²) in [7, 11) is 0. The van der Waals surface area contributed by atoms with Gasteiger partial charge in [0.05, 0.1) is 10.2 Å². The van der Waals surface area contributed by atoms with Crippen LogP contribution in [0.4, 0.5) is 5.82 Å². The number of rotatable bonds is 4. The van der Waals surface area contributed by atoms with Gasteiger partial charge in [0.1, 0.15) is 12.1 Å². The fraction of sp³-hybridized carbons (Fsp3) is 0.333. The molecule has 3 aromatic rings. The van der Waals surface area contributed by atoms with E-state index in [4.69, 9.17) is 4.74 Å². The molecule has 0 radical (unpaired) electrons. The Morgan fingerprint density at radius 3 is 2.92 bits per heavy atom. The topological polar surface area (TPSA) is 47.0 Å². The standard InChI is InChI=1S/C18H18BrN3OS/c19-14-3-1-2-13(10-14)18(5-7-23-8-6-18)11-20-17-16-15(4-9-24-16)21-12-22-17/h1-4,9-10,12H,5-8,11H2,(H,20,21,22). The number of nitrogens with zero attached hydrogens (tertiary/aromatic N) is 2. The molecule has 4 nitrogen and oxygen atoms in total. The molecular weight excluding hydrogens is 386 g/mol. The molecule has 1 fully saturated rings. The fourth-order valence-corrected chi connectivity index (χ4v) is 4.53. The Morgan fingerprint density at radius 2 is 2.08 bits per heavy atom. The third kappa shape index (κ3) is 3.06. The van der Waals surface area contributed by atoms with Gasteiger partial charge in [-0.3, -0.25) is 0 Å². The molecule has 0 bridgehead atoms. The quantitative estimate of drug-likeness (QED) is 0.690. The molecule has 0 amide bonds. The van der Waals surface area contributed by atoms with Crippen molar-refractivity contribution in [2.75, 3.05) is 25.1 Å². The third-order valence-electron chi connectivity index (χ3n) is 4.72. The number of benzene rings is 1. The number of hydrogen-bond acceptors (Lipinski definition) is 5. The minimum Gasteiger partial charge on any atom is -0.381 e. The first-order valence-corrected chi connectivity index (χ1v) is 9.70. The normalized spacial score (nSPS) is 17.0. The van der Waals surface area contributed by atoms with Gasteiger partial charge in [-0.25, -0.2) is 9.97 Å². The summed E-state index contributed by atoms with van der Waals surface area (Å²) in [6.07, 6.45) is 3.65. The Labute approximate surface area is 153 Å². The maximum atomic E-state index is 5.62. The summed E-state index contributed by atoms with van der Waals surface area (Å²) in [6, 6.07) is 10.7. The van der Waals surface area contributed by atoms with E-state index >= 15 is 0 Å². The maximum Gasteiger partial charge on any atom is 0.147 e. The highest BCUT2D eigenvalue weighted by molar-refractivity contribution is 9.10. The second-order valence-electron chi connectivity index (χ2n) is 6.11. The number of hydrogen-bond donors (Lipinski definition) is 1. The van der Waals surface area contributed by atoms with E-state index in [2.05, 4.69) is 60.9 Å². The Bertz CT molecular complexity index is 845. The first kappa shape index (κ1) is 16.0. The van der Waals surface area contributed by atoms with Crippen molar-refractivity contribution in [3.05, 3.63) is 52.1 Å². The monoisotopic (exact) mass is 403 g/mol. The van der Waals surface area contributed by atoms with Crippen LogP contribution in [0, 0.1) is 0 Å². The van der Waals surface area contributed by atoms with Crippen LogP contribution in [0.5, 0.6) is 0 Å². The van der Waals surface area contributed by atoms with E-state index in [9.17, 15) is 0 Å². The van der Waals surface area contributed by atoms with Crippen molar-refractivity contribution in [3.63, 3.8) is 0 Å². The molecule has 124 valence electrons. The number of ether oxygens (including phenoxy) is 1. The highest BCUT2D eigenvalue weighted by atomic mass is 79.9. The van der Waals surface area contributed by atoms with Gasteiger partial charge >= 0.3 is 0 Å². The zero-order valence-corrected chi connectivity index (χ0v) is 15.6. The molecule has 0 unspecified atom stereocenters. The smallest absolute Gasteiger partial charge is 0.147 e. The molecule has 0 atom stereocenters. The molecule has 24 heavy (non-hydrogen) atoms. The first-order valence-electron chi connectivity index (χ1n) is 8.03. The van der Waals surface area contributed by atoms with Crippen LogP contribution in [0.3, 0.4) is 0 Å². The summed E-state index contributed by atoms with van der Waals surface area (Å²) in [4.78, 5) is 8.77. The van der Waals surface area contributed by atoms with Crippen molar-refractivity contribution in [2.45, 2.75) is 18.3 Å². The Kier molecular flexibility index (Phi) is 4.52. The van der Waals surface area contributed by atoms with E-state index in [-0.39, 0.29) is 5.41 Å². The van der Waals surface area contributed by atoms with E-state index in [1.54, 1.807) is 17.7 Å². The van der Waals surface area contributed by atoms with Gasteiger partial charge in [-0.2, -0.15) is 0 Å². The van der Waals surface area contributed by atoms with Gasteiger partial charge < -0.3 is 10.1 Å². The number of fused-ring (bicyclic) bond motifs is 1. The van der Waals surface area contributed by atoms with Crippen LogP contribution in [-0.4, -0.2) is 29.7 Å². The number of nitrogens with one attached hydrogen (secondary N) is 1. The van der Waals surface area contributed by atoms with Crippen LogP contribution < -0.4 is 5.32 Å². The van der Waals surface area contributed by atoms with Gasteiger partial charge in [-0.15, -0.1) is 11.3 Å². The van der Waals surface area contributed by atoms with Gasteiger partial charge in [-0.1, -0.05) is 28.1 Å². The minimum absolute atomic E-state index is 0.0660. The zero-order valence-electron chi connectivity index (χ0n) is 13.2. The molecule has 1 N–H and O–H groups in total. The summed E-state index contributed by atoms with van der Waals surface area (Å²) >= 11 is 5.28. The van der Waals surface area contributed by atoms with E-state index in [1.165, 1.54) is 5.56 Å². The molecule has 4 rings (SSSR count). The zero-order chi connectivity index (χ0) is 16.4. The lowest BCUT2D eigenvalue weighted by Crippen LogP contribution is -2.40. The predicted molar refractivity (Wildman–Crippen MR) is 102 cm³/mol. The molecule has 1 aliphatic heterocycles. The van der Waals surface area contributed by atoms with E-state index in [0.29, 0.717) is 0 Å². The molecule has 1 saturated heterocycles. The molecule has 0 aliphatic carbocycles. The van der Waals surface area contributed by atoms with Crippen LogP contribution >= 0.6 is 27.3 Å². The van der Waals surface area contributed by atoms with E-state index in [1.807, 2.05) is 6.07 Å². The summed E-state index contributed by atoms with van der Waals surface area (Å²) < 4.78 is 7.86. The van der Waals surface area contributed by atoms with Crippen LogP contribution in [0.15, 0.2) is 46.5 Å². The molecule has 0 saturated carbocycles. The molecule has 1 aliphatic rings. The largest absolute Gasteiger partial charge is 0.381 e.